The smallest absolute Gasteiger partial charge is 0.871 e. The Morgan fingerprint density at radius 2 is 0.235 bits per heavy atom. The van der Waals surface area contributed by atoms with E-state index in [0.29, 0.717) is 0 Å². The van der Waals surface area contributed by atoms with E-state index < -0.39 is 58.6 Å². The van der Waals surface area contributed by atoms with Crippen LogP contribution < -0.4 is 47.8 Å². The SMILES string of the molecule is OB(O)O.OB(O)O.OB(O)O.OB(O)O.OB(O)O.OB(O)O.OB(O)O.[Li+].[Li+].[O-]B([O-])O. The van der Waals surface area contributed by atoms with Gasteiger partial charge in [0.2, 0.25) is 0 Å². The molecule has 0 aliphatic heterocycles. The van der Waals surface area contributed by atoms with Crippen LogP contribution in [0.15, 0.2) is 0 Å². The zero-order chi connectivity index (χ0) is 28.6. The third kappa shape index (κ3) is 58000. The molecule has 0 radical (unpaired) electrons. The van der Waals surface area contributed by atoms with Crippen molar-refractivity contribution in [1.29, 1.82) is 0 Å². The van der Waals surface area contributed by atoms with Crippen LogP contribution in [0.2, 0.25) is 0 Å². The van der Waals surface area contributed by atoms with Crippen LogP contribution in [0.3, 0.4) is 0 Å². The minimum absolute atomic E-state index is 0. The summed E-state index contributed by atoms with van der Waals surface area (Å²) in [4.78, 5) is 0. The number of rotatable bonds is 0. The van der Waals surface area contributed by atoms with E-state index in [4.69, 9.17) is 121 Å². The van der Waals surface area contributed by atoms with Gasteiger partial charge < -0.3 is 121 Å². The van der Waals surface area contributed by atoms with E-state index in [1.54, 1.807) is 0 Å². The molecule has 0 unspecified atom stereocenters. The molecule has 0 saturated heterocycles. The van der Waals surface area contributed by atoms with E-state index in [1.807, 2.05) is 0 Å². The second kappa shape index (κ2) is 59.1. The largest absolute Gasteiger partial charge is 1.00 e. The fourth-order valence-corrected chi connectivity index (χ4v) is 0. The van der Waals surface area contributed by atoms with Crippen molar-refractivity contribution in [3.8, 4) is 0 Å². The van der Waals surface area contributed by atoms with Crippen LogP contribution >= 0.6 is 0 Å². The van der Waals surface area contributed by atoms with Crippen LogP contribution in [0.25, 0.3) is 0 Å². The maximum absolute atomic E-state index is 8.53. The molecule has 0 amide bonds. The van der Waals surface area contributed by atoms with E-state index in [1.165, 1.54) is 0 Å². The molecule has 192 valence electrons. The van der Waals surface area contributed by atoms with Crippen molar-refractivity contribution in [3.05, 3.63) is 0 Å². The van der Waals surface area contributed by atoms with Gasteiger partial charge in [0, 0.05) is 0 Å². The van der Waals surface area contributed by atoms with Gasteiger partial charge in [0.25, 0.3) is 0 Å². The number of hydrogen-bond donors (Lipinski definition) is 22. The van der Waals surface area contributed by atoms with Crippen molar-refractivity contribution in [2.24, 2.45) is 0 Å². The Hall–Kier alpha value is 0.754. The average molecular weight is 507 g/mol. The van der Waals surface area contributed by atoms with Gasteiger partial charge in [0.05, 0.1) is 7.32 Å². The minimum Gasteiger partial charge on any atom is -0.871 e. The van der Waals surface area contributed by atoms with Crippen molar-refractivity contribution in [2.75, 3.05) is 0 Å². The summed E-state index contributed by atoms with van der Waals surface area (Å²) in [5, 5.41) is 174. The van der Waals surface area contributed by atoms with Crippen molar-refractivity contribution in [2.45, 2.75) is 0 Å². The van der Waals surface area contributed by atoms with Gasteiger partial charge in [-0.3, -0.25) is 0 Å². The molecular formula is H22B8Li2O24. The molecule has 0 saturated carbocycles. The first-order valence-corrected chi connectivity index (χ1v) is 6.15. The summed E-state index contributed by atoms with van der Waals surface area (Å²) in [6.45, 7) is 0. The Morgan fingerprint density at radius 1 is 0.235 bits per heavy atom. The first kappa shape index (κ1) is 64.6. The third-order valence-corrected chi connectivity index (χ3v) is 0. The molecule has 34 heavy (non-hydrogen) atoms. The van der Waals surface area contributed by atoms with Crippen LogP contribution in [0, 0.1) is 0 Å². The Balaban J connectivity index is -0.0000000240. The van der Waals surface area contributed by atoms with Crippen molar-refractivity contribution in [1.82, 2.24) is 0 Å². The van der Waals surface area contributed by atoms with Gasteiger partial charge in [0.1, 0.15) is 0 Å². The first-order chi connectivity index (χ1) is 13.9. The van der Waals surface area contributed by atoms with E-state index in [-0.39, 0.29) is 37.7 Å². The van der Waals surface area contributed by atoms with Crippen LogP contribution in [-0.2, 0) is 0 Å². The topological polar surface area (TPSA) is 491 Å². The maximum atomic E-state index is 8.53. The minimum atomic E-state index is -2.67. The van der Waals surface area contributed by atoms with Crippen molar-refractivity contribution < 1.29 is 158 Å². The second-order valence-corrected chi connectivity index (χ2v) is 2.73. The summed E-state index contributed by atoms with van der Waals surface area (Å²) >= 11 is 0. The summed E-state index contributed by atoms with van der Waals surface area (Å²) in [6, 6.07) is 0. The molecule has 0 fully saturated rings. The molecule has 34 heteroatoms. The van der Waals surface area contributed by atoms with Gasteiger partial charge in [-0.1, -0.05) is 0 Å². The monoisotopic (exact) mass is 508 g/mol. The maximum Gasteiger partial charge on any atom is 1.00 e. The molecule has 0 heterocycles. The quantitative estimate of drug-likeness (QED) is 0.135. The van der Waals surface area contributed by atoms with Crippen LogP contribution in [0.4, 0.5) is 0 Å². The summed E-state index contributed by atoms with van der Waals surface area (Å²) in [7, 11) is -17.8. The molecule has 0 aliphatic carbocycles. The average Bonchev–Trinajstić information content (AvgIpc) is 2.30. The summed E-state index contributed by atoms with van der Waals surface area (Å²) < 4.78 is 0. The Morgan fingerprint density at radius 3 is 0.235 bits per heavy atom. The van der Waals surface area contributed by atoms with Crippen LogP contribution in [0.5, 0.6) is 0 Å². The van der Waals surface area contributed by atoms with Crippen LogP contribution in [0.1, 0.15) is 0 Å². The Bertz CT molecular complexity index is 147. The summed E-state index contributed by atoms with van der Waals surface area (Å²) in [5.74, 6) is 0. The second-order valence-electron chi connectivity index (χ2n) is 2.73. The number of hydrogen-bond acceptors (Lipinski definition) is 24. The summed E-state index contributed by atoms with van der Waals surface area (Å²) in [5.41, 5.74) is 0. The standard InChI is InChI=1S/7BH3O3.BHO3.2Li/c8*2-1(3)4;;/h7*2-4H;2H;;/q;;;;;;;-2;2*+1. The van der Waals surface area contributed by atoms with E-state index >= 15 is 0 Å². The fourth-order valence-electron chi connectivity index (χ4n) is 0. The van der Waals surface area contributed by atoms with Crippen molar-refractivity contribution in [3.63, 3.8) is 0 Å². The Labute approximate surface area is 216 Å². The molecule has 22 N–H and O–H groups in total. The molecule has 0 aliphatic rings. The molecular weight excluding hydrogens is 484 g/mol. The third-order valence-electron chi connectivity index (χ3n) is 0. The predicted molar refractivity (Wildman–Crippen MR) is 94.8 cm³/mol. The molecule has 0 bridgehead atoms. The van der Waals surface area contributed by atoms with Gasteiger partial charge in [-0.15, -0.1) is 0 Å². The van der Waals surface area contributed by atoms with Gasteiger partial charge in [-0.2, -0.15) is 0 Å². The van der Waals surface area contributed by atoms with Gasteiger partial charge in [0.15, 0.2) is 0 Å². The molecule has 0 aromatic carbocycles. The molecule has 0 rings (SSSR count). The fraction of sp³-hybridized carbons (Fsp3) is 0. The normalized spacial score (nSPS) is 6.35. The van der Waals surface area contributed by atoms with E-state index in [0.717, 1.165) is 0 Å². The molecule has 24 nitrogen and oxygen atoms in total. The van der Waals surface area contributed by atoms with E-state index in [9.17, 15) is 0 Å². The zero-order valence-electron chi connectivity index (χ0n) is 17.3. The van der Waals surface area contributed by atoms with Gasteiger partial charge in [-0.05, 0) is 0 Å². The van der Waals surface area contributed by atoms with Crippen LogP contribution in [-0.4, -0.2) is 169 Å². The van der Waals surface area contributed by atoms with Crippen molar-refractivity contribution >= 4 is 58.6 Å². The van der Waals surface area contributed by atoms with Gasteiger partial charge in [-0.25, -0.2) is 0 Å². The van der Waals surface area contributed by atoms with E-state index in [2.05, 4.69) is 0 Å². The first-order valence-electron chi connectivity index (χ1n) is 6.15. The van der Waals surface area contributed by atoms with Gasteiger partial charge >= 0.3 is 89.0 Å². The molecule has 0 aromatic rings. The molecule has 0 spiro atoms. The molecule has 0 aromatic heterocycles. The summed E-state index contributed by atoms with van der Waals surface area (Å²) in [6.07, 6.45) is 0. The zero-order valence-corrected chi connectivity index (χ0v) is 17.3. The Kier molecular flexibility index (Phi) is 112. The predicted octanol–water partition coefficient (Wildman–Crippen LogP) is -23.7. The molecule has 0 atom stereocenters.